The Morgan fingerprint density at radius 2 is 1.86 bits per heavy atom. The Morgan fingerprint density at radius 1 is 1.11 bits per heavy atom. The van der Waals surface area contributed by atoms with Crippen molar-refractivity contribution in [1.82, 2.24) is 4.72 Å². The number of sulfonamides is 1. The first-order valence-electron chi connectivity index (χ1n) is 8.54. The lowest BCUT2D eigenvalue weighted by Crippen LogP contribution is -2.30. The number of hydrogen-bond donors (Lipinski definition) is 1. The smallest absolute Gasteiger partial charge is 0.420 e. The van der Waals surface area contributed by atoms with Gasteiger partial charge in [-0.3, -0.25) is 4.79 Å². The molecule has 6 nitrogen and oxygen atoms in total. The van der Waals surface area contributed by atoms with Crippen molar-refractivity contribution in [3.05, 3.63) is 77.2 Å². The molecule has 1 aliphatic heterocycles. The number of ether oxygens (including phenoxy) is 1. The molecule has 3 rings (SSSR count). The van der Waals surface area contributed by atoms with Gasteiger partial charge in [-0.25, -0.2) is 17.9 Å². The van der Waals surface area contributed by atoms with Gasteiger partial charge in [0.25, 0.3) is 10.0 Å². The zero-order valence-corrected chi connectivity index (χ0v) is 16.2. The monoisotopic (exact) mass is 395 g/mol. The van der Waals surface area contributed by atoms with Crippen molar-refractivity contribution in [2.75, 3.05) is 7.11 Å². The molecule has 0 fully saturated rings. The molecule has 0 spiro atoms. The Balaban J connectivity index is 2.00. The van der Waals surface area contributed by atoms with Gasteiger partial charge in [-0.1, -0.05) is 48.6 Å². The fraction of sp³-hybridized carbons (Fsp3) is 0.100. The van der Waals surface area contributed by atoms with Crippen molar-refractivity contribution in [3.8, 4) is 11.1 Å². The number of benzene rings is 2. The molecule has 0 unspecified atom stereocenters. The summed E-state index contributed by atoms with van der Waals surface area (Å²) in [6.07, 6.45) is 2.59. The first kappa shape index (κ1) is 19.6. The summed E-state index contributed by atoms with van der Waals surface area (Å²) in [6, 6.07) is 11.5. The summed E-state index contributed by atoms with van der Waals surface area (Å²) in [5, 5.41) is 0. The first-order chi connectivity index (χ1) is 13.3. The van der Waals surface area contributed by atoms with Crippen molar-refractivity contribution >= 4 is 29.2 Å². The number of hydrogen-bond acceptors (Lipinski definition) is 5. The lowest BCUT2D eigenvalue weighted by atomic mass is 9.69. The van der Waals surface area contributed by atoms with Crippen LogP contribution >= 0.6 is 0 Å². The highest BCUT2D eigenvalue weighted by atomic mass is 32.2. The molecular formula is C20H18BNO5S. The molecule has 0 saturated carbocycles. The van der Waals surface area contributed by atoms with Gasteiger partial charge in [0, 0.05) is 11.1 Å². The minimum absolute atomic E-state index is 0.0395. The number of methoxy groups -OCH3 is 1. The van der Waals surface area contributed by atoms with Crippen LogP contribution in [0.15, 0.2) is 71.0 Å². The standard InChI is InChI=1S/C20H18BNO5S/c1-13-12-14(9-10-15(13)19(23)17-7-5-11-21-17)16-6-3-4-8-18(16)28(25,26)22-20(24)27-2/h3-12,21H,1-2H3,(H,22,24). The van der Waals surface area contributed by atoms with Crippen LogP contribution in [0.3, 0.4) is 0 Å². The second-order valence-corrected chi connectivity index (χ2v) is 7.93. The molecule has 1 N–H and O–H groups in total. The van der Waals surface area contributed by atoms with Crippen LogP contribution in [0.25, 0.3) is 11.1 Å². The highest BCUT2D eigenvalue weighted by Gasteiger charge is 2.23. The van der Waals surface area contributed by atoms with Crippen LogP contribution in [-0.2, 0) is 14.8 Å². The van der Waals surface area contributed by atoms with Gasteiger partial charge in [0.2, 0.25) is 0 Å². The third kappa shape index (κ3) is 3.92. The van der Waals surface area contributed by atoms with E-state index in [1.54, 1.807) is 42.5 Å². The molecule has 28 heavy (non-hydrogen) atoms. The normalized spacial score (nSPS) is 12.9. The number of rotatable bonds is 5. The summed E-state index contributed by atoms with van der Waals surface area (Å²) >= 11 is 0. The van der Waals surface area contributed by atoms with Crippen LogP contribution < -0.4 is 4.72 Å². The van der Waals surface area contributed by atoms with Crippen LogP contribution in [0.2, 0.25) is 0 Å². The van der Waals surface area contributed by atoms with Gasteiger partial charge in [-0.05, 0) is 29.6 Å². The second kappa shape index (κ2) is 7.86. The SMILES string of the molecule is COC(=O)NS(=O)(=O)c1ccccc1-c1ccc(C(=O)C2=CC=CB2)c(C)c1. The summed E-state index contributed by atoms with van der Waals surface area (Å²) in [7, 11) is -2.41. The zero-order valence-electron chi connectivity index (χ0n) is 15.4. The van der Waals surface area contributed by atoms with Gasteiger partial charge in [0.15, 0.2) is 13.1 Å². The molecule has 142 valence electrons. The van der Waals surface area contributed by atoms with E-state index < -0.39 is 16.1 Å². The van der Waals surface area contributed by atoms with Crippen molar-refractivity contribution < 1.29 is 22.7 Å². The molecule has 1 heterocycles. The molecule has 0 aromatic heterocycles. The predicted octanol–water partition coefficient (Wildman–Crippen LogP) is 2.74. The Hall–Kier alpha value is -3.13. The molecule has 8 heteroatoms. The lowest BCUT2D eigenvalue weighted by Gasteiger charge is -2.13. The largest absolute Gasteiger partial charge is 0.452 e. The molecular weight excluding hydrogens is 377 g/mol. The summed E-state index contributed by atoms with van der Waals surface area (Å²) in [5.41, 5.74) is 3.08. The molecule has 0 bridgehead atoms. The van der Waals surface area contributed by atoms with E-state index in [4.69, 9.17) is 0 Å². The highest BCUT2D eigenvalue weighted by Crippen LogP contribution is 2.29. The van der Waals surface area contributed by atoms with Crippen molar-refractivity contribution in [1.29, 1.82) is 0 Å². The maximum atomic E-state index is 12.6. The summed E-state index contributed by atoms with van der Waals surface area (Å²) in [6.45, 7) is 1.81. The number of carbonyl (C=O) groups excluding carboxylic acids is 2. The molecule has 2 aromatic carbocycles. The van der Waals surface area contributed by atoms with Gasteiger partial charge in [0.1, 0.15) is 0 Å². The van der Waals surface area contributed by atoms with Crippen LogP contribution in [0.1, 0.15) is 15.9 Å². The number of allylic oxidation sites excluding steroid dienone is 3. The minimum Gasteiger partial charge on any atom is -0.452 e. The van der Waals surface area contributed by atoms with Crippen LogP contribution in [0.5, 0.6) is 0 Å². The molecule has 1 aliphatic rings. The Labute approximate surface area is 164 Å². The summed E-state index contributed by atoms with van der Waals surface area (Å²) in [5.74, 6) is 1.88. The molecule has 0 aliphatic carbocycles. The molecule has 0 radical (unpaired) electrons. The second-order valence-electron chi connectivity index (χ2n) is 6.28. The fourth-order valence-electron chi connectivity index (χ4n) is 3.02. The van der Waals surface area contributed by atoms with E-state index in [1.165, 1.54) is 6.07 Å². The molecule has 0 saturated heterocycles. The van der Waals surface area contributed by atoms with Gasteiger partial charge < -0.3 is 4.74 Å². The van der Waals surface area contributed by atoms with E-state index >= 15 is 0 Å². The van der Waals surface area contributed by atoms with Crippen molar-refractivity contribution in [3.63, 3.8) is 0 Å². The van der Waals surface area contributed by atoms with E-state index in [0.717, 1.165) is 18.1 Å². The van der Waals surface area contributed by atoms with Gasteiger partial charge in [0.05, 0.1) is 12.0 Å². The summed E-state index contributed by atoms with van der Waals surface area (Å²) < 4.78 is 31.3. The first-order valence-corrected chi connectivity index (χ1v) is 10.0. The average Bonchev–Trinajstić information content (AvgIpc) is 3.22. The lowest BCUT2D eigenvalue weighted by molar-refractivity contribution is 0.104. The predicted molar refractivity (Wildman–Crippen MR) is 108 cm³/mol. The highest BCUT2D eigenvalue weighted by molar-refractivity contribution is 7.90. The number of aryl methyl sites for hydroxylation is 1. The van der Waals surface area contributed by atoms with E-state index in [2.05, 4.69) is 4.74 Å². The van der Waals surface area contributed by atoms with E-state index in [-0.39, 0.29) is 10.7 Å². The maximum Gasteiger partial charge on any atom is 0.420 e. The topological polar surface area (TPSA) is 89.5 Å². The van der Waals surface area contributed by atoms with Gasteiger partial charge in [-0.15, -0.1) is 5.98 Å². The fourth-order valence-corrected chi connectivity index (χ4v) is 4.17. The number of nitrogens with one attached hydrogen (secondary N) is 1. The molecule has 0 atom stereocenters. The maximum absolute atomic E-state index is 12.6. The number of carbonyl (C=O) groups is 2. The third-order valence-electron chi connectivity index (χ3n) is 4.42. The Kier molecular flexibility index (Phi) is 5.51. The Bertz CT molecular complexity index is 1120. The van der Waals surface area contributed by atoms with Crippen LogP contribution in [0, 0.1) is 6.92 Å². The number of ketones is 1. The molecule has 2 aromatic rings. The Morgan fingerprint density at radius 3 is 2.50 bits per heavy atom. The third-order valence-corrected chi connectivity index (χ3v) is 5.80. The van der Waals surface area contributed by atoms with Gasteiger partial charge in [-0.2, -0.15) is 0 Å². The van der Waals surface area contributed by atoms with E-state index in [1.807, 2.05) is 23.7 Å². The van der Waals surface area contributed by atoms with E-state index in [0.29, 0.717) is 24.0 Å². The number of amides is 1. The van der Waals surface area contributed by atoms with Crippen LogP contribution in [-0.4, -0.2) is 34.7 Å². The van der Waals surface area contributed by atoms with Gasteiger partial charge >= 0.3 is 6.09 Å². The quantitative estimate of drug-likeness (QED) is 0.621. The minimum atomic E-state index is -4.11. The molecule has 1 amide bonds. The van der Waals surface area contributed by atoms with E-state index in [9.17, 15) is 18.0 Å². The average molecular weight is 395 g/mol. The zero-order chi connectivity index (χ0) is 20.3. The summed E-state index contributed by atoms with van der Waals surface area (Å²) in [4.78, 5) is 24.0. The van der Waals surface area contributed by atoms with Crippen molar-refractivity contribution in [2.24, 2.45) is 0 Å². The van der Waals surface area contributed by atoms with Crippen LogP contribution in [0.4, 0.5) is 4.79 Å². The number of Topliss-reactive ketones (excluding diaryl/α,β-unsaturated/α-hetero) is 1. The van der Waals surface area contributed by atoms with Crippen molar-refractivity contribution in [2.45, 2.75) is 11.8 Å².